The Hall–Kier alpha value is -2.17. The lowest BCUT2D eigenvalue weighted by Gasteiger charge is -2.14. The zero-order valence-electron chi connectivity index (χ0n) is 10.4. The number of para-hydroxylation sites is 1. The Balaban J connectivity index is 2.56. The first-order valence-corrected chi connectivity index (χ1v) is 5.92. The van der Waals surface area contributed by atoms with E-state index in [1.54, 1.807) is 12.3 Å². The van der Waals surface area contributed by atoms with Crippen LogP contribution in [0.1, 0.15) is 20.3 Å². The summed E-state index contributed by atoms with van der Waals surface area (Å²) >= 11 is 0. The SMILES string of the molecule is CCC(C)Nc1ccnc2c([N+](=O)[O-])cccc12. The normalized spacial score (nSPS) is 12.3. The maximum absolute atomic E-state index is 10.9. The summed E-state index contributed by atoms with van der Waals surface area (Å²) in [5, 5.41) is 15.1. The third kappa shape index (κ3) is 2.25. The van der Waals surface area contributed by atoms with Crippen molar-refractivity contribution in [2.75, 3.05) is 5.32 Å². The number of benzene rings is 1. The molecule has 0 radical (unpaired) electrons. The van der Waals surface area contributed by atoms with E-state index in [0.717, 1.165) is 17.5 Å². The Morgan fingerprint density at radius 3 is 2.89 bits per heavy atom. The summed E-state index contributed by atoms with van der Waals surface area (Å²) in [7, 11) is 0. The van der Waals surface area contributed by atoms with Gasteiger partial charge in [0, 0.05) is 29.4 Å². The number of anilines is 1. The van der Waals surface area contributed by atoms with E-state index in [1.165, 1.54) is 6.07 Å². The fourth-order valence-corrected chi connectivity index (χ4v) is 1.80. The molecule has 0 bridgehead atoms. The molecule has 5 heteroatoms. The van der Waals surface area contributed by atoms with Crippen LogP contribution in [-0.4, -0.2) is 15.9 Å². The minimum absolute atomic E-state index is 0.0419. The molecule has 18 heavy (non-hydrogen) atoms. The number of non-ortho nitro benzene ring substituents is 1. The van der Waals surface area contributed by atoms with Gasteiger partial charge in [0.15, 0.2) is 0 Å². The smallest absolute Gasteiger partial charge is 0.295 e. The van der Waals surface area contributed by atoms with Gasteiger partial charge < -0.3 is 5.32 Å². The number of nitrogens with zero attached hydrogens (tertiary/aromatic N) is 2. The number of rotatable bonds is 4. The molecule has 0 saturated carbocycles. The summed E-state index contributed by atoms with van der Waals surface area (Å²) < 4.78 is 0. The minimum Gasteiger partial charge on any atom is -0.382 e. The zero-order valence-corrected chi connectivity index (χ0v) is 10.4. The van der Waals surface area contributed by atoms with Gasteiger partial charge in [-0.25, -0.2) is 4.98 Å². The van der Waals surface area contributed by atoms with Gasteiger partial charge in [-0.2, -0.15) is 0 Å². The number of hydrogen-bond acceptors (Lipinski definition) is 4. The molecule has 1 N–H and O–H groups in total. The maximum atomic E-state index is 10.9. The van der Waals surface area contributed by atoms with E-state index in [1.807, 2.05) is 12.1 Å². The molecule has 1 unspecified atom stereocenters. The average molecular weight is 245 g/mol. The highest BCUT2D eigenvalue weighted by Crippen LogP contribution is 2.28. The molecule has 0 aliphatic heterocycles. The van der Waals surface area contributed by atoms with E-state index >= 15 is 0 Å². The number of nitro groups is 1. The first kappa shape index (κ1) is 12.3. The van der Waals surface area contributed by atoms with Crippen LogP contribution in [0.4, 0.5) is 11.4 Å². The average Bonchev–Trinajstić information content (AvgIpc) is 2.38. The van der Waals surface area contributed by atoms with E-state index in [0.29, 0.717) is 11.6 Å². The van der Waals surface area contributed by atoms with Crippen LogP contribution in [0, 0.1) is 10.1 Å². The van der Waals surface area contributed by atoms with Crippen LogP contribution in [0.15, 0.2) is 30.5 Å². The van der Waals surface area contributed by atoms with Crippen LogP contribution < -0.4 is 5.32 Å². The molecule has 0 spiro atoms. The molecule has 1 atom stereocenters. The summed E-state index contributed by atoms with van der Waals surface area (Å²) in [6, 6.07) is 7.17. The van der Waals surface area contributed by atoms with Crippen molar-refractivity contribution in [1.82, 2.24) is 4.98 Å². The van der Waals surface area contributed by atoms with Gasteiger partial charge in [0.2, 0.25) is 0 Å². The van der Waals surface area contributed by atoms with Gasteiger partial charge in [-0.15, -0.1) is 0 Å². The van der Waals surface area contributed by atoms with Gasteiger partial charge in [0.1, 0.15) is 5.52 Å². The van der Waals surface area contributed by atoms with Crippen molar-refractivity contribution in [3.63, 3.8) is 0 Å². The Kier molecular flexibility index (Phi) is 3.41. The third-order valence-corrected chi connectivity index (χ3v) is 2.96. The summed E-state index contributed by atoms with van der Waals surface area (Å²) in [5.74, 6) is 0. The summed E-state index contributed by atoms with van der Waals surface area (Å²) in [4.78, 5) is 14.7. The summed E-state index contributed by atoms with van der Waals surface area (Å²) in [6.07, 6.45) is 2.58. The van der Waals surface area contributed by atoms with Crippen LogP contribution in [0.25, 0.3) is 10.9 Å². The third-order valence-electron chi connectivity index (χ3n) is 2.96. The first-order chi connectivity index (χ1) is 8.63. The molecule has 0 aliphatic rings. The lowest BCUT2D eigenvalue weighted by atomic mass is 10.1. The molecule has 0 saturated heterocycles. The highest BCUT2D eigenvalue weighted by Gasteiger charge is 2.14. The fraction of sp³-hybridized carbons (Fsp3) is 0.308. The van der Waals surface area contributed by atoms with Crippen molar-refractivity contribution in [3.05, 3.63) is 40.6 Å². The van der Waals surface area contributed by atoms with Gasteiger partial charge in [-0.1, -0.05) is 19.1 Å². The monoisotopic (exact) mass is 245 g/mol. The molecule has 0 aliphatic carbocycles. The fourth-order valence-electron chi connectivity index (χ4n) is 1.80. The highest BCUT2D eigenvalue weighted by molar-refractivity contribution is 5.96. The van der Waals surface area contributed by atoms with Crippen molar-refractivity contribution in [2.24, 2.45) is 0 Å². The second-order valence-electron chi connectivity index (χ2n) is 4.24. The molecule has 1 heterocycles. The van der Waals surface area contributed by atoms with Crippen LogP contribution in [0.5, 0.6) is 0 Å². The van der Waals surface area contributed by atoms with Gasteiger partial charge in [-0.3, -0.25) is 10.1 Å². The second-order valence-corrected chi connectivity index (χ2v) is 4.24. The van der Waals surface area contributed by atoms with Crippen molar-refractivity contribution in [2.45, 2.75) is 26.3 Å². The molecule has 0 amide bonds. The van der Waals surface area contributed by atoms with E-state index in [4.69, 9.17) is 0 Å². The zero-order chi connectivity index (χ0) is 13.1. The minimum atomic E-state index is -0.400. The molecule has 0 fully saturated rings. The van der Waals surface area contributed by atoms with Crippen LogP contribution in [-0.2, 0) is 0 Å². The van der Waals surface area contributed by atoms with E-state index in [9.17, 15) is 10.1 Å². The van der Waals surface area contributed by atoms with Crippen molar-refractivity contribution >= 4 is 22.3 Å². The van der Waals surface area contributed by atoms with Gasteiger partial charge in [-0.05, 0) is 19.4 Å². The molecule has 2 aromatic rings. The predicted octanol–water partition coefficient (Wildman–Crippen LogP) is 3.35. The molecular formula is C13H15N3O2. The first-order valence-electron chi connectivity index (χ1n) is 5.92. The molecule has 1 aromatic carbocycles. The quantitative estimate of drug-likeness (QED) is 0.662. The number of aromatic nitrogens is 1. The summed E-state index contributed by atoms with van der Waals surface area (Å²) in [5.41, 5.74) is 1.36. The number of pyridine rings is 1. The number of nitro benzene ring substituents is 1. The Bertz CT molecular complexity index is 583. The lowest BCUT2D eigenvalue weighted by molar-refractivity contribution is -0.383. The van der Waals surface area contributed by atoms with Crippen molar-refractivity contribution in [1.29, 1.82) is 0 Å². The van der Waals surface area contributed by atoms with E-state index in [-0.39, 0.29) is 5.69 Å². The van der Waals surface area contributed by atoms with Gasteiger partial charge in [0.05, 0.1) is 4.92 Å². The molecule has 94 valence electrons. The lowest BCUT2D eigenvalue weighted by Crippen LogP contribution is -2.13. The largest absolute Gasteiger partial charge is 0.382 e. The van der Waals surface area contributed by atoms with Gasteiger partial charge >= 0.3 is 0 Å². The predicted molar refractivity (Wildman–Crippen MR) is 71.8 cm³/mol. The van der Waals surface area contributed by atoms with Crippen LogP contribution in [0.3, 0.4) is 0 Å². The number of fused-ring (bicyclic) bond motifs is 1. The van der Waals surface area contributed by atoms with Crippen molar-refractivity contribution in [3.8, 4) is 0 Å². The Morgan fingerprint density at radius 2 is 2.22 bits per heavy atom. The second kappa shape index (κ2) is 5.00. The Labute approximate surface area is 105 Å². The number of nitrogens with one attached hydrogen (secondary N) is 1. The molecular weight excluding hydrogens is 230 g/mol. The van der Waals surface area contributed by atoms with Crippen LogP contribution >= 0.6 is 0 Å². The number of hydrogen-bond donors (Lipinski definition) is 1. The van der Waals surface area contributed by atoms with Crippen LogP contribution in [0.2, 0.25) is 0 Å². The molecule has 1 aromatic heterocycles. The highest BCUT2D eigenvalue weighted by atomic mass is 16.6. The van der Waals surface area contributed by atoms with E-state index in [2.05, 4.69) is 24.1 Å². The topological polar surface area (TPSA) is 68.1 Å². The Morgan fingerprint density at radius 1 is 1.44 bits per heavy atom. The molecule has 2 rings (SSSR count). The molecule has 5 nitrogen and oxygen atoms in total. The standard InChI is InChI=1S/C13H15N3O2/c1-3-9(2)15-11-7-8-14-13-10(11)5-4-6-12(13)16(17)18/h4-9H,3H2,1-2H3,(H,14,15). The van der Waals surface area contributed by atoms with E-state index < -0.39 is 4.92 Å². The maximum Gasteiger partial charge on any atom is 0.295 e. The van der Waals surface area contributed by atoms with Gasteiger partial charge in [0.25, 0.3) is 5.69 Å². The van der Waals surface area contributed by atoms with Crippen molar-refractivity contribution < 1.29 is 4.92 Å². The summed E-state index contributed by atoms with van der Waals surface area (Å²) in [6.45, 7) is 4.16.